The van der Waals surface area contributed by atoms with Crippen molar-refractivity contribution in [3.8, 4) is 5.75 Å². The van der Waals surface area contributed by atoms with E-state index in [0.29, 0.717) is 49.9 Å². The molecule has 0 N–H and O–H groups in total. The number of hydrogen-bond donors (Lipinski definition) is 0. The molecule has 168 valence electrons. The van der Waals surface area contributed by atoms with Gasteiger partial charge in [-0.1, -0.05) is 37.1 Å². The van der Waals surface area contributed by atoms with E-state index in [2.05, 4.69) is 4.90 Å². The molecule has 2 heterocycles. The number of halogens is 1. The third kappa shape index (κ3) is 5.87. The molecule has 1 amide bonds. The van der Waals surface area contributed by atoms with Crippen molar-refractivity contribution < 1.29 is 17.9 Å². The molecule has 0 bridgehead atoms. The number of piperazine rings is 1. The summed E-state index contributed by atoms with van der Waals surface area (Å²) in [6, 6.07) is 6.87. The van der Waals surface area contributed by atoms with Gasteiger partial charge < -0.3 is 9.64 Å². The van der Waals surface area contributed by atoms with E-state index in [-0.39, 0.29) is 11.7 Å². The Balaban J connectivity index is 1.49. The van der Waals surface area contributed by atoms with Gasteiger partial charge in [0.1, 0.15) is 18.4 Å². The van der Waals surface area contributed by atoms with Gasteiger partial charge in [-0.25, -0.2) is 8.42 Å². The lowest BCUT2D eigenvalue weighted by atomic mass is 10.0. The maximum atomic E-state index is 13.1. The molecule has 0 aliphatic carbocycles. The van der Waals surface area contributed by atoms with Gasteiger partial charge in [-0.05, 0) is 31.4 Å². The molecular weight excluding hydrogens is 426 g/mol. The first-order valence-corrected chi connectivity index (χ1v) is 12.8. The highest BCUT2D eigenvalue weighted by Gasteiger charge is 2.38. The van der Waals surface area contributed by atoms with E-state index in [9.17, 15) is 13.2 Å². The Morgan fingerprint density at radius 1 is 1.13 bits per heavy atom. The summed E-state index contributed by atoms with van der Waals surface area (Å²) in [5.41, 5.74) is 0. The molecule has 0 aromatic heterocycles. The van der Waals surface area contributed by atoms with Crippen molar-refractivity contribution in [1.29, 1.82) is 0 Å². The van der Waals surface area contributed by atoms with Crippen molar-refractivity contribution in [2.45, 2.75) is 38.6 Å². The summed E-state index contributed by atoms with van der Waals surface area (Å²) in [5, 5.41) is 0.600. The second-order valence-electron chi connectivity index (χ2n) is 7.88. The maximum absolute atomic E-state index is 13.1. The number of para-hydroxylation sites is 1. The fourth-order valence-corrected chi connectivity index (χ4v) is 6.04. The molecule has 1 aromatic rings. The number of carbonyl (C=O) groups excluding carboxylic acids is 1. The highest BCUT2D eigenvalue weighted by molar-refractivity contribution is 7.89. The number of benzene rings is 1. The summed E-state index contributed by atoms with van der Waals surface area (Å²) in [6.45, 7) is 6.34. The van der Waals surface area contributed by atoms with E-state index in [1.54, 1.807) is 6.07 Å². The van der Waals surface area contributed by atoms with Crippen LogP contribution in [0.2, 0.25) is 5.02 Å². The fourth-order valence-electron chi connectivity index (χ4n) is 4.11. The predicted octanol–water partition coefficient (Wildman–Crippen LogP) is 2.46. The van der Waals surface area contributed by atoms with Crippen LogP contribution in [-0.4, -0.2) is 86.1 Å². The lowest BCUT2D eigenvalue weighted by molar-refractivity contribution is -0.138. The van der Waals surface area contributed by atoms with Crippen LogP contribution in [-0.2, 0) is 14.8 Å². The van der Waals surface area contributed by atoms with E-state index in [1.807, 2.05) is 30.0 Å². The normalized spacial score (nSPS) is 21.5. The Morgan fingerprint density at radius 2 is 1.87 bits per heavy atom. The first kappa shape index (κ1) is 23.3. The second-order valence-corrected chi connectivity index (χ2v) is 10.3. The van der Waals surface area contributed by atoms with Gasteiger partial charge in [0.25, 0.3) is 0 Å². The number of amides is 1. The van der Waals surface area contributed by atoms with E-state index in [1.165, 1.54) is 4.31 Å². The summed E-state index contributed by atoms with van der Waals surface area (Å²) < 4.78 is 32.5. The number of rotatable bonds is 8. The van der Waals surface area contributed by atoms with Gasteiger partial charge in [0.2, 0.25) is 15.9 Å². The van der Waals surface area contributed by atoms with E-state index in [4.69, 9.17) is 16.3 Å². The Morgan fingerprint density at radius 3 is 2.57 bits per heavy atom. The molecule has 1 unspecified atom stereocenters. The van der Waals surface area contributed by atoms with Crippen LogP contribution in [0, 0.1) is 0 Å². The highest BCUT2D eigenvalue weighted by atomic mass is 35.5. The first-order valence-electron chi connectivity index (χ1n) is 10.8. The zero-order valence-corrected chi connectivity index (χ0v) is 19.2. The standard InChI is InChI=1S/C21H32ClN3O4S/c1-2-17-30(27,28)25-10-6-5-8-19(25)21(26)24-13-11-23(12-14-24)15-16-29-20-9-4-3-7-18(20)22/h3-4,7,9,19H,2,5-6,8,10-17H2,1H3. The number of piperidine rings is 1. The van der Waals surface area contributed by atoms with Crippen LogP contribution in [0.15, 0.2) is 24.3 Å². The summed E-state index contributed by atoms with van der Waals surface area (Å²) in [4.78, 5) is 17.2. The van der Waals surface area contributed by atoms with Crippen molar-refractivity contribution in [2.75, 3.05) is 51.6 Å². The Hall–Kier alpha value is -1.35. The van der Waals surface area contributed by atoms with E-state index < -0.39 is 16.1 Å². The van der Waals surface area contributed by atoms with Crippen molar-refractivity contribution in [1.82, 2.24) is 14.1 Å². The number of ether oxygens (including phenoxy) is 1. The largest absolute Gasteiger partial charge is 0.491 e. The van der Waals surface area contributed by atoms with Crippen molar-refractivity contribution in [3.63, 3.8) is 0 Å². The minimum absolute atomic E-state index is 0.0404. The molecule has 2 aliphatic rings. The molecular formula is C21H32ClN3O4S. The molecule has 0 saturated carbocycles. The lowest BCUT2D eigenvalue weighted by Crippen LogP contribution is -2.57. The number of sulfonamides is 1. The minimum atomic E-state index is -3.37. The van der Waals surface area contributed by atoms with Crippen molar-refractivity contribution >= 4 is 27.5 Å². The smallest absolute Gasteiger partial charge is 0.241 e. The van der Waals surface area contributed by atoms with Gasteiger partial charge in [-0.15, -0.1) is 0 Å². The number of nitrogens with zero attached hydrogens (tertiary/aromatic N) is 3. The third-order valence-electron chi connectivity index (χ3n) is 5.74. The van der Waals surface area contributed by atoms with Crippen molar-refractivity contribution in [3.05, 3.63) is 29.3 Å². The van der Waals surface area contributed by atoms with Gasteiger partial charge in [-0.3, -0.25) is 9.69 Å². The first-order chi connectivity index (χ1) is 14.4. The van der Waals surface area contributed by atoms with Crippen LogP contribution < -0.4 is 4.74 Å². The molecule has 0 spiro atoms. The Bertz CT molecular complexity index is 812. The minimum Gasteiger partial charge on any atom is -0.491 e. The zero-order chi connectivity index (χ0) is 21.6. The van der Waals surface area contributed by atoms with Gasteiger partial charge in [0.05, 0.1) is 10.8 Å². The van der Waals surface area contributed by atoms with Gasteiger partial charge in [0, 0.05) is 39.3 Å². The lowest BCUT2D eigenvalue weighted by Gasteiger charge is -2.40. The van der Waals surface area contributed by atoms with Crippen LogP contribution >= 0.6 is 11.6 Å². The van der Waals surface area contributed by atoms with Gasteiger partial charge in [-0.2, -0.15) is 4.31 Å². The molecule has 2 fully saturated rings. The number of hydrogen-bond acceptors (Lipinski definition) is 5. The van der Waals surface area contributed by atoms with Crippen LogP contribution in [0.4, 0.5) is 0 Å². The van der Waals surface area contributed by atoms with Crippen LogP contribution in [0.1, 0.15) is 32.6 Å². The molecule has 0 radical (unpaired) electrons. The molecule has 30 heavy (non-hydrogen) atoms. The second kappa shape index (κ2) is 10.8. The molecule has 7 nitrogen and oxygen atoms in total. The topological polar surface area (TPSA) is 70.2 Å². The average molecular weight is 458 g/mol. The summed E-state index contributed by atoms with van der Waals surface area (Å²) in [6.07, 6.45) is 2.90. The maximum Gasteiger partial charge on any atom is 0.241 e. The predicted molar refractivity (Wildman–Crippen MR) is 118 cm³/mol. The molecule has 3 rings (SSSR count). The number of carbonyl (C=O) groups is 1. The van der Waals surface area contributed by atoms with E-state index >= 15 is 0 Å². The molecule has 9 heteroatoms. The van der Waals surface area contributed by atoms with Crippen LogP contribution in [0.25, 0.3) is 0 Å². The Labute approximate surface area is 185 Å². The fraction of sp³-hybridized carbons (Fsp3) is 0.667. The summed E-state index contributed by atoms with van der Waals surface area (Å²) >= 11 is 6.11. The quantitative estimate of drug-likeness (QED) is 0.599. The monoisotopic (exact) mass is 457 g/mol. The molecule has 1 atom stereocenters. The zero-order valence-electron chi connectivity index (χ0n) is 17.6. The Kier molecular flexibility index (Phi) is 8.39. The summed E-state index contributed by atoms with van der Waals surface area (Å²) in [7, 11) is -3.37. The van der Waals surface area contributed by atoms with Gasteiger partial charge in [0.15, 0.2) is 0 Å². The third-order valence-corrected chi connectivity index (χ3v) is 8.13. The average Bonchev–Trinajstić information content (AvgIpc) is 2.75. The molecule has 2 saturated heterocycles. The van der Waals surface area contributed by atoms with Gasteiger partial charge >= 0.3 is 0 Å². The van der Waals surface area contributed by atoms with E-state index in [0.717, 1.165) is 32.5 Å². The highest BCUT2D eigenvalue weighted by Crippen LogP contribution is 2.24. The van der Waals surface area contributed by atoms with Crippen molar-refractivity contribution in [2.24, 2.45) is 0 Å². The SMILES string of the molecule is CCCS(=O)(=O)N1CCCCC1C(=O)N1CCN(CCOc2ccccc2Cl)CC1. The van der Waals surface area contributed by atoms with Crippen LogP contribution in [0.5, 0.6) is 5.75 Å². The van der Waals surface area contributed by atoms with Crippen LogP contribution in [0.3, 0.4) is 0 Å². The summed E-state index contributed by atoms with van der Waals surface area (Å²) in [5.74, 6) is 0.746. The molecule has 2 aliphatic heterocycles. The molecule has 1 aromatic carbocycles.